The van der Waals surface area contributed by atoms with Crippen molar-refractivity contribution in [1.82, 2.24) is 24.4 Å². The maximum absolute atomic E-state index is 13.4. The predicted molar refractivity (Wildman–Crippen MR) is 174 cm³/mol. The summed E-state index contributed by atoms with van der Waals surface area (Å²) in [7, 11) is 3.19. The van der Waals surface area contributed by atoms with E-state index in [-0.39, 0.29) is 5.56 Å². The van der Waals surface area contributed by atoms with Crippen LogP contribution in [0.15, 0.2) is 83.8 Å². The van der Waals surface area contributed by atoms with Crippen molar-refractivity contribution in [2.24, 2.45) is 0 Å². The van der Waals surface area contributed by atoms with Gasteiger partial charge in [0.05, 0.1) is 31.0 Å². The molecule has 10 heteroatoms. The number of methoxy groups -OCH3 is 2. The SMILES string of the molecule is CCCCOc1ccc(-c2nn(-c3ccccc3)cc2/C=c2\sc3nc(/C=C/c4ccc(OC)c(OC)c4)nn3c2=O)cc1. The summed E-state index contributed by atoms with van der Waals surface area (Å²) in [5.74, 6) is 2.53. The van der Waals surface area contributed by atoms with Gasteiger partial charge in [0.1, 0.15) is 11.4 Å². The number of hydrogen-bond acceptors (Lipinski definition) is 8. The van der Waals surface area contributed by atoms with Crippen molar-refractivity contribution in [2.75, 3.05) is 20.8 Å². The van der Waals surface area contributed by atoms with Crippen LogP contribution in [0.3, 0.4) is 0 Å². The largest absolute Gasteiger partial charge is 0.494 e. The maximum Gasteiger partial charge on any atom is 0.291 e. The Balaban J connectivity index is 1.33. The molecule has 3 aromatic heterocycles. The lowest BCUT2D eigenvalue weighted by Crippen LogP contribution is -2.23. The Morgan fingerprint density at radius 1 is 0.909 bits per heavy atom. The van der Waals surface area contributed by atoms with Crippen LogP contribution in [0, 0.1) is 0 Å². The highest BCUT2D eigenvalue weighted by Gasteiger charge is 2.14. The lowest BCUT2D eigenvalue weighted by atomic mass is 10.1. The van der Waals surface area contributed by atoms with Gasteiger partial charge < -0.3 is 14.2 Å². The van der Waals surface area contributed by atoms with Crippen molar-refractivity contribution in [2.45, 2.75) is 19.8 Å². The second kappa shape index (κ2) is 13.0. The third-order valence-electron chi connectivity index (χ3n) is 6.97. The summed E-state index contributed by atoms with van der Waals surface area (Å²) in [6.07, 6.45) is 9.51. The molecular weight excluding hydrogens is 574 g/mol. The molecule has 0 atom stereocenters. The number of aromatic nitrogens is 5. The van der Waals surface area contributed by atoms with Crippen molar-refractivity contribution in [1.29, 1.82) is 0 Å². The molecule has 44 heavy (non-hydrogen) atoms. The van der Waals surface area contributed by atoms with Crippen LogP contribution in [0.4, 0.5) is 0 Å². The Morgan fingerprint density at radius 2 is 1.70 bits per heavy atom. The molecule has 0 radical (unpaired) electrons. The maximum atomic E-state index is 13.4. The minimum absolute atomic E-state index is 0.235. The van der Waals surface area contributed by atoms with Gasteiger partial charge in [0.15, 0.2) is 17.3 Å². The van der Waals surface area contributed by atoms with E-state index >= 15 is 0 Å². The van der Waals surface area contributed by atoms with E-state index in [1.165, 1.54) is 15.9 Å². The van der Waals surface area contributed by atoms with E-state index in [9.17, 15) is 4.79 Å². The summed E-state index contributed by atoms with van der Waals surface area (Å²) in [4.78, 5) is 18.5. The van der Waals surface area contributed by atoms with Crippen LogP contribution in [0.1, 0.15) is 36.7 Å². The van der Waals surface area contributed by atoms with Crippen LogP contribution in [-0.4, -0.2) is 45.2 Å². The van der Waals surface area contributed by atoms with Crippen molar-refractivity contribution >= 4 is 34.5 Å². The molecule has 0 fully saturated rings. The molecule has 0 unspecified atom stereocenters. The summed E-state index contributed by atoms with van der Waals surface area (Å²) >= 11 is 1.29. The molecule has 0 N–H and O–H groups in total. The van der Waals surface area contributed by atoms with Gasteiger partial charge in [-0.1, -0.05) is 55.0 Å². The highest BCUT2D eigenvalue weighted by molar-refractivity contribution is 7.15. The molecule has 6 rings (SSSR count). The van der Waals surface area contributed by atoms with Crippen LogP contribution in [0.25, 0.3) is 40.1 Å². The molecule has 0 aliphatic carbocycles. The van der Waals surface area contributed by atoms with Crippen molar-refractivity contribution < 1.29 is 14.2 Å². The summed E-state index contributed by atoms with van der Waals surface area (Å²) in [5, 5.41) is 9.34. The highest BCUT2D eigenvalue weighted by Crippen LogP contribution is 2.29. The lowest BCUT2D eigenvalue weighted by Gasteiger charge is -2.07. The first kappa shape index (κ1) is 28.9. The third kappa shape index (κ3) is 6.11. The smallest absolute Gasteiger partial charge is 0.291 e. The third-order valence-corrected chi connectivity index (χ3v) is 7.93. The van der Waals surface area contributed by atoms with E-state index in [1.54, 1.807) is 20.3 Å². The van der Waals surface area contributed by atoms with Crippen LogP contribution in [-0.2, 0) is 0 Å². The molecule has 0 saturated heterocycles. The van der Waals surface area contributed by atoms with Gasteiger partial charge in [-0.3, -0.25) is 4.79 Å². The van der Waals surface area contributed by atoms with E-state index in [2.05, 4.69) is 17.0 Å². The summed E-state index contributed by atoms with van der Waals surface area (Å²) in [6.45, 7) is 2.83. The first-order valence-electron chi connectivity index (χ1n) is 14.3. The van der Waals surface area contributed by atoms with Gasteiger partial charge in [0.25, 0.3) is 5.56 Å². The van der Waals surface area contributed by atoms with E-state index in [0.717, 1.165) is 46.7 Å². The van der Waals surface area contributed by atoms with Gasteiger partial charge >= 0.3 is 0 Å². The van der Waals surface area contributed by atoms with Crippen LogP contribution in [0.2, 0.25) is 0 Å². The Bertz CT molecular complexity index is 2030. The van der Waals surface area contributed by atoms with Crippen LogP contribution < -0.4 is 24.3 Å². The molecule has 0 aliphatic heterocycles. The Labute approximate surface area is 258 Å². The molecular formula is C34H31N5O4S. The van der Waals surface area contributed by atoms with Gasteiger partial charge in [0.2, 0.25) is 4.96 Å². The molecule has 6 aromatic rings. The fourth-order valence-corrected chi connectivity index (χ4v) is 5.57. The van der Waals surface area contributed by atoms with E-state index in [4.69, 9.17) is 19.3 Å². The molecule has 0 saturated carbocycles. The molecule has 222 valence electrons. The second-order valence-electron chi connectivity index (χ2n) is 9.97. The fourth-order valence-electron chi connectivity index (χ4n) is 4.66. The fraction of sp³-hybridized carbons (Fsp3) is 0.176. The number of para-hydroxylation sites is 1. The van der Waals surface area contributed by atoms with Gasteiger partial charge in [0, 0.05) is 17.3 Å². The number of unbranched alkanes of at least 4 members (excludes halogenated alkanes) is 1. The number of ether oxygens (including phenoxy) is 3. The molecule has 0 bridgehead atoms. The van der Waals surface area contributed by atoms with Crippen LogP contribution >= 0.6 is 11.3 Å². The molecule has 3 heterocycles. The van der Waals surface area contributed by atoms with Gasteiger partial charge in [-0.15, -0.1) is 5.10 Å². The minimum atomic E-state index is -0.235. The summed E-state index contributed by atoms with van der Waals surface area (Å²) in [6, 6.07) is 23.4. The zero-order valence-electron chi connectivity index (χ0n) is 24.6. The lowest BCUT2D eigenvalue weighted by molar-refractivity contribution is 0.309. The quantitative estimate of drug-likeness (QED) is 0.169. The number of fused-ring (bicyclic) bond motifs is 1. The average Bonchev–Trinajstić information content (AvgIpc) is 3.75. The molecule has 0 spiro atoms. The van der Waals surface area contributed by atoms with Crippen molar-refractivity contribution in [3.05, 3.63) is 111 Å². The number of nitrogens with zero attached hydrogens (tertiary/aromatic N) is 5. The van der Waals surface area contributed by atoms with Crippen LogP contribution in [0.5, 0.6) is 17.2 Å². The van der Waals surface area contributed by atoms with Crippen molar-refractivity contribution in [3.8, 4) is 34.2 Å². The summed E-state index contributed by atoms with van der Waals surface area (Å²) < 4.78 is 20.2. The minimum Gasteiger partial charge on any atom is -0.494 e. The molecule has 9 nitrogen and oxygen atoms in total. The van der Waals surface area contributed by atoms with E-state index in [1.807, 2.05) is 95.8 Å². The summed E-state index contributed by atoms with van der Waals surface area (Å²) in [5.41, 5.74) is 4.06. The van der Waals surface area contributed by atoms with E-state index in [0.29, 0.717) is 33.4 Å². The van der Waals surface area contributed by atoms with E-state index < -0.39 is 0 Å². The zero-order chi connectivity index (χ0) is 30.5. The monoisotopic (exact) mass is 605 g/mol. The highest BCUT2D eigenvalue weighted by atomic mass is 32.1. The molecule has 3 aromatic carbocycles. The Morgan fingerprint density at radius 3 is 2.43 bits per heavy atom. The number of rotatable bonds is 11. The number of benzene rings is 3. The number of thiazole rings is 1. The topological polar surface area (TPSA) is 92.8 Å². The Hall–Kier alpha value is -5.22. The zero-order valence-corrected chi connectivity index (χ0v) is 25.5. The standard InChI is InChI=1S/C34H31N5O4S/c1-4-5-19-43-27-15-13-24(14-16-27)32-25(22-38(37-32)26-9-7-6-8-10-26)21-30-33(40)39-34(44-30)35-31(36-39)18-12-23-11-17-28(41-2)29(20-23)42-3/h6-18,20-22H,4-5,19H2,1-3H3/b18-12+,30-21-. The normalized spacial score (nSPS) is 11.9. The second-order valence-corrected chi connectivity index (χ2v) is 11.0. The Kier molecular flexibility index (Phi) is 8.51. The average molecular weight is 606 g/mol. The first-order chi connectivity index (χ1) is 21.6. The molecule has 0 aliphatic rings. The van der Waals surface area contributed by atoms with Gasteiger partial charge in [-0.05, 0) is 72.7 Å². The van der Waals surface area contributed by atoms with Crippen molar-refractivity contribution in [3.63, 3.8) is 0 Å². The predicted octanol–water partition coefficient (Wildman–Crippen LogP) is 5.92. The van der Waals surface area contributed by atoms with Gasteiger partial charge in [-0.25, -0.2) is 4.68 Å². The first-order valence-corrected chi connectivity index (χ1v) is 15.1. The van der Waals surface area contributed by atoms with Gasteiger partial charge in [-0.2, -0.15) is 14.6 Å². The number of hydrogen-bond donors (Lipinski definition) is 0. The molecule has 0 amide bonds.